The van der Waals surface area contributed by atoms with Crippen molar-refractivity contribution in [3.05, 3.63) is 27.7 Å². The maximum Gasteiger partial charge on any atom is 0.263 e. The highest BCUT2D eigenvalue weighted by atomic mass is 79.9. The molecule has 0 aliphatic heterocycles. The van der Waals surface area contributed by atoms with E-state index in [0.717, 1.165) is 6.07 Å². The molecule has 0 radical (unpaired) electrons. The summed E-state index contributed by atoms with van der Waals surface area (Å²) in [6, 6.07) is 4.23. The fourth-order valence-electron chi connectivity index (χ4n) is 1.02. The van der Waals surface area contributed by atoms with Crippen LogP contribution in [0.15, 0.2) is 21.5 Å². The van der Waals surface area contributed by atoms with Crippen molar-refractivity contribution in [1.82, 2.24) is 0 Å². The van der Waals surface area contributed by atoms with Crippen LogP contribution in [0.4, 0.5) is 0 Å². The number of halogens is 2. The van der Waals surface area contributed by atoms with Crippen LogP contribution >= 0.6 is 26.6 Å². The Kier molecular flexibility index (Phi) is 3.50. The van der Waals surface area contributed by atoms with Gasteiger partial charge in [-0.3, -0.25) is 4.79 Å². The molecule has 0 saturated carbocycles. The van der Waals surface area contributed by atoms with Crippen molar-refractivity contribution in [1.29, 1.82) is 5.26 Å². The monoisotopic (exact) mass is 307 g/mol. The lowest BCUT2D eigenvalue weighted by molar-refractivity contribution is 0.112. The standard InChI is InChI=1S/C8H3BrClNO3S/c9-7-2-5(3-11)1-6(4-12)8(7)15(10,13)14/h1-2,4H. The van der Waals surface area contributed by atoms with Crippen LogP contribution in [0.3, 0.4) is 0 Å². The van der Waals surface area contributed by atoms with Crippen molar-refractivity contribution < 1.29 is 13.2 Å². The predicted molar refractivity (Wildman–Crippen MR) is 57.3 cm³/mol. The third kappa shape index (κ3) is 2.56. The summed E-state index contributed by atoms with van der Waals surface area (Å²) in [5, 5.41) is 8.61. The number of rotatable bonds is 2. The molecule has 78 valence electrons. The predicted octanol–water partition coefficient (Wildman–Crippen LogP) is 2.06. The zero-order valence-electron chi connectivity index (χ0n) is 7.07. The zero-order chi connectivity index (χ0) is 11.6. The highest BCUT2D eigenvalue weighted by molar-refractivity contribution is 9.10. The molecule has 1 aromatic carbocycles. The molecule has 1 rings (SSSR count). The Morgan fingerprint density at radius 3 is 2.47 bits per heavy atom. The molecular weight excluding hydrogens is 306 g/mol. The van der Waals surface area contributed by atoms with E-state index in [4.69, 9.17) is 15.9 Å². The molecule has 0 aliphatic carbocycles. The Hall–Kier alpha value is -0.900. The molecule has 0 heterocycles. The molecular formula is C8H3BrClNO3S. The number of nitriles is 1. The summed E-state index contributed by atoms with van der Waals surface area (Å²) in [5.74, 6) is 0. The normalized spacial score (nSPS) is 10.7. The molecule has 0 atom stereocenters. The smallest absolute Gasteiger partial charge is 0.263 e. The minimum absolute atomic E-state index is 0.0960. The van der Waals surface area contributed by atoms with Gasteiger partial charge in [0, 0.05) is 20.7 Å². The van der Waals surface area contributed by atoms with Gasteiger partial charge in [0.25, 0.3) is 9.05 Å². The van der Waals surface area contributed by atoms with Crippen molar-refractivity contribution in [2.45, 2.75) is 4.90 Å². The van der Waals surface area contributed by atoms with E-state index in [2.05, 4.69) is 15.9 Å². The van der Waals surface area contributed by atoms with Crippen LogP contribution < -0.4 is 0 Å². The Morgan fingerprint density at radius 1 is 1.47 bits per heavy atom. The van der Waals surface area contributed by atoms with Crippen molar-refractivity contribution in [3.8, 4) is 6.07 Å². The van der Waals surface area contributed by atoms with Gasteiger partial charge < -0.3 is 0 Å². The maximum atomic E-state index is 11.1. The Labute approximate surface area is 99.0 Å². The van der Waals surface area contributed by atoms with Gasteiger partial charge >= 0.3 is 0 Å². The molecule has 15 heavy (non-hydrogen) atoms. The zero-order valence-corrected chi connectivity index (χ0v) is 10.2. The van der Waals surface area contributed by atoms with Gasteiger partial charge in [-0.05, 0) is 28.1 Å². The van der Waals surface area contributed by atoms with Crippen LogP contribution in [-0.2, 0) is 9.05 Å². The molecule has 0 aromatic heterocycles. The van der Waals surface area contributed by atoms with E-state index in [-0.39, 0.29) is 20.5 Å². The van der Waals surface area contributed by atoms with Crippen LogP contribution in [0.5, 0.6) is 0 Å². The lowest BCUT2D eigenvalue weighted by Crippen LogP contribution is -1.99. The molecule has 7 heteroatoms. The number of nitrogens with zero attached hydrogens (tertiary/aromatic N) is 1. The van der Waals surface area contributed by atoms with Gasteiger partial charge in [-0.1, -0.05) is 0 Å². The highest BCUT2D eigenvalue weighted by Crippen LogP contribution is 2.29. The lowest BCUT2D eigenvalue weighted by atomic mass is 10.1. The van der Waals surface area contributed by atoms with E-state index in [1.54, 1.807) is 6.07 Å². The summed E-state index contributed by atoms with van der Waals surface area (Å²) in [6.07, 6.45) is 0.334. The number of carbonyl (C=O) groups excluding carboxylic acids is 1. The first-order valence-electron chi connectivity index (χ1n) is 3.53. The van der Waals surface area contributed by atoms with Gasteiger partial charge in [0.15, 0.2) is 6.29 Å². The van der Waals surface area contributed by atoms with Crippen molar-refractivity contribution >= 4 is 41.9 Å². The van der Waals surface area contributed by atoms with E-state index < -0.39 is 9.05 Å². The van der Waals surface area contributed by atoms with E-state index in [0.29, 0.717) is 6.29 Å². The minimum atomic E-state index is -4.02. The number of carbonyl (C=O) groups is 1. The van der Waals surface area contributed by atoms with Crippen LogP contribution in [-0.4, -0.2) is 14.7 Å². The van der Waals surface area contributed by atoms with Gasteiger partial charge in [0.1, 0.15) is 4.90 Å². The van der Waals surface area contributed by atoms with Crippen molar-refractivity contribution in [3.63, 3.8) is 0 Å². The van der Waals surface area contributed by atoms with Crippen molar-refractivity contribution in [2.24, 2.45) is 0 Å². The third-order valence-corrected chi connectivity index (χ3v) is 3.87. The summed E-state index contributed by atoms with van der Waals surface area (Å²) in [5.41, 5.74) is 0.0315. The molecule has 0 unspecified atom stereocenters. The fraction of sp³-hybridized carbons (Fsp3) is 0. The van der Waals surface area contributed by atoms with Gasteiger partial charge in [0.05, 0.1) is 11.6 Å². The number of hydrogen-bond donors (Lipinski definition) is 0. The maximum absolute atomic E-state index is 11.1. The second-order valence-electron chi connectivity index (χ2n) is 2.54. The molecule has 4 nitrogen and oxygen atoms in total. The number of aldehydes is 1. The quantitative estimate of drug-likeness (QED) is 0.619. The first-order chi connectivity index (χ1) is 6.90. The summed E-state index contributed by atoms with van der Waals surface area (Å²) in [7, 11) is 1.13. The second-order valence-corrected chi connectivity index (χ2v) is 5.90. The van der Waals surface area contributed by atoms with Crippen molar-refractivity contribution in [2.75, 3.05) is 0 Å². The molecule has 0 aliphatic rings. The lowest BCUT2D eigenvalue weighted by Gasteiger charge is -2.03. The van der Waals surface area contributed by atoms with E-state index in [1.807, 2.05) is 0 Å². The Bertz CT molecular complexity index is 562. The van der Waals surface area contributed by atoms with Gasteiger partial charge in [-0.15, -0.1) is 0 Å². The molecule has 0 bridgehead atoms. The summed E-state index contributed by atoms with van der Waals surface area (Å²) in [6.45, 7) is 0. The second kappa shape index (κ2) is 4.31. The van der Waals surface area contributed by atoms with E-state index in [1.165, 1.54) is 6.07 Å². The molecule has 0 fully saturated rings. The summed E-state index contributed by atoms with van der Waals surface area (Å²) < 4.78 is 22.3. The van der Waals surface area contributed by atoms with Gasteiger partial charge in [-0.2, -0.15) is 5.26 Å². The molecule has 0 amide bonds. The number of benzene rings is 1. The van der Waals surface area contributed by atoms with Gasteiger partial charge in [0.2, 0.25) is 0 Å². The Morgan fingerprint density at radius 2 is 2.07 bits per heavy atom. The summed E-state index contributed by atoms with van der Waals surface area (Å²) in [4.78, 5) is 10.3. The minimum Gasteiger partial charge on any atom is -0.298 e. The average molecular weight is 309 g/mol. The van der Waals surface area contributed by atoms with Crippen LogP contribution in [0.2, 0.25) is 0 Å². The molecule has 0 saturated heterocycles. The first-order valence-corrected chi connectivity index (χ1v) is 6.64. The van der Waals surface area contributed by atoms with E-state index in [9.17, 15) is 13.2 Å². The molecule has 0 N–H and O–H groups in total. The SMILES string of the molecule is N#Cc1cc(Br)c(S(=O)(=O)Cl)c(C=O)c1. The topological polar surface area (TPSA) is 75.0 Å². The third-order valence-electron chi connectivity index (χ3n) is 1.57. The molecule has 0 spiro atoms. The van der Waals surface area contributed by atoms with Crippen LogP contribution in [0.1, 0.15) is 15.9 Å². The van der Waals surface area contributed by atoms with E-state index >= 15 is 0 Å². The first kappa shape index (κ1) is 12.2. The average Bonchev–Trinajstić information content (AvgIpc) is 2.14. The van der Waals surface area contributed by atoms with Gasteiger partial charge in [-0.25, -0.2) is 8.42 Å². The largest absolute Gasteiger partial charge is 0.298 e. The Balaban J connectivity index is 3.69. The fourth-order valence-corrected chi connectivity index (χ4v) is 3.62. The highest BCUT2D eigenvalue weighted by Gasteiger charge is 2.20. The van der Waals surface area contributed by atoms with Crippen LogP contribution in [0.25, 0.3) is 0 Å². The number of hydrogen-bond acceptors (Lipinski definition) is 4. The summed E-state index contributed by atoms with van der Waals surface area (Å²) >= 11 is 2.94. The molecule has 1 aromatic rings. The van der Waals surface area contributed by atoms with Crippen LogP contribution in [0, 0.1) is 11.3 Å².